The molecule has 0 aliphatic heterocycles. The molecule has 0 saturated heterocycles. The van der Waals surface area contributed by atoms with Gasteiger partial charge in [-0.25, -0.2) is 0 Å². The maximum atomic E-state index is 11.8. The summed E-state index contributed by atoms with van der Waals surface area (Å²) < 4.78 is 1.06. The second kappa shape index (κ2) is 5.50. The molecule has 17 heavy (non-hydrogen) atoms. The first kappa shape index (κ1) is 12.4. The minimum Gasteiger partial charge on any atom is -0.326 e. The minimum atomic E-state index is 0.100. The third-order valence-electron chi connectivity index (χ3n) is 3.00. The van der Waals surface area contributed by atoms with Gasteiger partial charge >= 0.3 is 0 Å². The number of hydrogen-bond donors (Lipinski definition) is 1. The second-order valence-corrected chi connectivity index (χ2v) is 5.34. The highest BCUT2D eigenvalue weighted by molar-refractivity contribution is 9.10. The standard InChI is InChI=1S/C14H16BrNO/c1-10-8-12(6-7-13(10)15)16-14(17)9-11-4-2-3-5-11/h2,4,6-8,11H,3,5,9H2,1H3,(H,16,17). The van der Waals surface area contributed by atoms with Crippen molar-refractivity contribution >= 4 is 27.5 Å². The molecule has 90 valence electrons. The number of benzene rings is 1. The van der Waals surface area contributed by atoms with E-state index in [1.54, 1.807) is 0 Å². The van der Waals surface area contributed by atoms with Gasteiger partial charge in [-0.2, -0.15) is 0 Å². The van der Waals surface area contributed by atoms with Crippen molar-refractivity contribution < 1.29 is 4.79 Å². The van der Waals surface area contributed by atoms with Gasteiger partial charge in [0, 0.05) is 16.6 Å². The van der Waals surface area contributed by atoms with Crippen LogP contribution in [0.5, 0.6) is 0 Å². The van der Waals surface area contributed by atoms with E-state index in [2.05, 4.69) is 33.4 Å². The molecule has 0 heterocycles. The molecular weight excluding hydrogens is 278 g/mol. The van der Waals surface area contributed by atoms with Crippen LogP contribution in [0, 0.1) is 12.8 Å². The molecule has 0 saturated carbocycles. The van der Waals surface area contributed by atoms with Gasteiger partial charge in [0.25, 0.3) is 0 Å². The minimum absolute atomic E-state index is 0.100. The molecule has 0 spiro atoms. The number of carbonyl (C=O) groups excluding carboxylic acids is 1. The van der Waals surface area contributed by atoms with E-state index in [0.29, 0.717) is 12.3 Å². The fourth-order valence-corrected chi connectivity index (χ4v) is 2.28. The average molecular weight is 294 g/mol. The fourth-order valence-electron chi connectivity index (χ4n) is 2.04. The highest BCUT2D eigenvalue weighted by Gasteiger charge is 2.14. The third-order valence-corrected chi connectivity index (χ3v) is 3.89. The highest BCUT2D eigenvalue weighted by atomic mass is 79.9. The van der Waals surface area contributed by atoms with Crippen molar-refractivity contribution in [3.8, 4) is 0 Å². The van der Waals surface area contributed by atoms with E-state index in [1.807, 2.05) is 25.1 Å². The number of allylic oxidation sites excluding steroid dienone is 2. The number of hydrogen-bond acceptors (Lipinski definition) is 1. The Morgan fingerprint density at radius 3 is 3.00 bits per heavy atom. The topological polar surface area (TPSA) is 29.1 Å². The summed E-state index contributed by atoms with van der Waals surface area (Å²) in [6.45, 7) is 2.01. The monoisotopic (exact) mass is 293 g/mol. The zero-order valence-electron chi connectivity index (χ0n) is 9.87. The number of aryl methyl sites for hydroxylation is 1. The molecule has 0 fully saturated rings. The van der Waals surface area contributed by atoms with Crippen molar-refractivity contribution in [1.29, 1.82) is 0 Å². The first-order valence-electron chi connectivity index (χ1n) is 5.88. The summed E-state index contributed by atoms with van der Waals surface area (Å²) in [5, 5.41) is 2.94. The van der Waals surface area contributed by atoms with Crippen LogP contribution in [-0.4, -0.2) is 5.91 Å². The molecular formula is C14H16BrNO. The quantitative estimate of drug-likeness (QED) is 0.837. The van der Waals surface area contributed by atoms with Crippen LogP contribution in [0.3, 0.4) is 0 Å². The Kier molecular flexibility index (Phi) is 4.00. The van der Waals surface area contributed by atoms with Gasteiger partial charge in [0.2, 0.25) is 5.91 Å². The molecule has 0 bridgehead atoms. The highest BCUT2D eigenvalue weighted by Crippen LogP contribution is 2.23. The van der Waals surface area contributed by atoms with Crippen molar-refractivity contribution in [1.82, 2.24) is 0 Å². The summed E-state index contributed by atoms with van der Waals surface area (Å²) in [6.07, 6.45) is 7.10. The summed E-state index contributed by atoms with van der Waals surface area (Å²) in [7, 11) is 0. The van der Waals surface area contributed by atoms with Crippen LogP contribution in [0.15, 0.2) is 34.8 Å². The molecule has 2 rings (SSSR count). The normalized spacial score (nSPS) is 18.4. The van der Waals surface area contributed by atoms with Crippen molar-refractivity contribution in [2.75, 3.05) is 5.32 Å². The molecule has 1 aromatic rings. The Labute approximate surface area is 110 Å². The Morgan fingerprint density at radius 1 is 1.53 bits per heavy atom. The van der Waals surface area contributed by atoms with E-state index in [4.69, 9.17) is 0 Å². The SMILES string of the molecule is Cc1cc(NC(=O)CC2C=CCC2)ccc1Br. The smallest absolute Gasteiger partial charge is 0.224 e. The average Bonchev–Trinajstić information content (AvgIpc) is 2.76. The van der Waals surface area contributed by atoms with Crippen molar-refractivity contribution in [2.45, 2.75) is 26.2 Å². The van der Waals surface area contributed by atoms with Gasteiger partial charge in [0.15, 0.2) is 0 Å². The van der Waals surface area contributed by atoms with Crippen LogP contribution in [-0.2, 0) is 4.79 Å². The molecule has 0 radical (unpaired) electrons. The number of rotatable bonds is 3. The predicted octanol–water partition coefficient (Wildman–Crippen LogP) is 4.05. The second-order valence-electron chi connectivity index (χ2n) is 4.48. The molecule has 1 atom stereocenters. The molecule has 0 aromatic heterocycles. The zero-order chi connectivity index (χ0) is 12.3. The van der Waals surface area contributed by atoms with Crippen LogP contribution >= 0.6 is 15.9 Å². The lowest BCUT2D eigenvalue weighted by Gasteiger charge is -2.09. The maximum absolute atomic E-state index is 11.8. The molecule has 1 unspecified atom stereocenters. The van der Waals surface area contributed by atoms with Gasteiger partial charge in [0.1, 0.15) is 0 Å². The Balaban J connectivity index is 1.93. The fraction of sp³-hybridized carbons (Fsp3) is 0.357. The summed E-state index contributed by atoms with van der Waals surface area (Å²) in [6, 6.07) is 5.85. The molecule has 1 N–H and O–H groups in total. The van der Waals surface area contributed by atoms with Crippen LogP contribution in [0.2, 0.25) is 0 Å². The van der Waals surface area contributed by atoms with Gasteiger partial charge in [-0.1, -0.05) is 28.1 Å². The number of amides is 1. The van der Waals surface area contributed by atoms with Gasteiger partial charge in [-0.3, -0.25) is 4.79 Å². The lowest BCUT2D eigenvalue weighted by atomic mass is 10.0. The maximum Gasteiger partial charge on any atom is 0.224 e. The van der Waals surface area contributed by atoms with Crippen molar-refractivity contribution in [3.63, 3.8) is 0 Å². The predicted molar refractivity (Wildman–Crippen MR) is 74.0 cm³/mol. The van der Waals surface area contributed by atoms with Crippen molar-refractivity contribution in [3.05, 3.63) is 40.4 Å². The zero-order valence-corrected chi connectivity index (χ0v) is 11.5. The first-order chi connectivity index (χ1) is 8.15. The first-order valence-corrected chi connectivity index (χ1v) is 6.67. The molecule has 2 nitrogen and oxygen atoms in total. The summed E-state index contributed by atoms with van der Waals surface area (Å²) in [5.74, 6) is 0.523. The molecule has 1 aliphatic carbocycles. The van der Waals surface area contributed by atoms with Gasteiger partial charge < -0.3 is 5.32 Å². The van der Waals surface area contributed by atoms with Crippen LogP contribution in [0.1, 0.15) is 24.8 Å². The van der Waals surface area contributed by atoms with Gasteiger partial charge in [0.05, 0.1) is 0 Å². The number of anilines is 1. The van der Waals surface area contributed by atoms with E-state index in [1.165, 1.54) is 0 Å². The van der Waals surface area contributed by atoms with E-state index in [0.717, 1.165) is 28.6 Å². The van der Waals surface area contributed by atoms with E-state index < -0.39 is 0 Å². The lowest BCUT2D eigenvalue weighted by molar-refractivity contribution is -0.116. The summed E-state index contributed by atoms with van der Waals surface area (Å²) >= 11 is 3.44. The molecule has 1 amide bonds. The summed E-state index contributed by atoms with van der Waals surface area (Å²) in [5.41, 5.74) is 2.00. The van der Waals surface area contributed by atoms with Gasteiger partial charge in [-0.05, 0) is 49.4 Å². The Morgan fingerprint density at radius 2 is 2.35 bits per heavy atom. The van der Waals surface area contributed by atoms with Crippen molar-refractivity contribution in [2.24, 2.45) is 5.92 Å². The molecule has 1 aromatic carbocycles. The number of halogens is 1. The van der Waals surface area contributed by atoms with E-state index in [9.17, 15) is 4.79 Å². The largest absolute Gasteiger partial charge is 0.326 e. The van der Waals surface area contributed by atoms with Crippen LogP contribution in [0.4, 0.5) is 5.69 Å². The number of carbonyl (C=O) groups is 1. The van der Waals surface area contributed by atoms with Gasteiger partial charge in [-0.15, -0.1) is 0 Å². The molecule has 3 heteroatoms. The Hall–Kier alpha value is -1.09. The number of nitrogens with one attached hydrogen (secondary N) is 1. The Bertz CT molecular complexity index is 454. The lowest BCUT2D eigenvalue weighted by Crippen LogP contribution is -2.14. The van der Waals surface area contributed by atoms with Crippen LogP contribution in [0.25, 0.3) is 0 Å². The van der Waals surface area contributed by atoms with E-state index in [-0.39, 0.29) is 5.91 Å². The third kappa shape index (κ3) is 3.43. The molecule has 1 aliphatic rings. The summed E-state index contributed by atoms with van der Waals surface area (Å²) in [4.78, 5) is 11.8. The van der Waals surface area contributed by atoms with Crippen LogP contribution < -0.4 is 5.32 Å². The van der Waals surface area contributed by atoms with E-state index >= 15 is 0 Å².